The maximum absolute atomic E-state index is 13.0. The van der Waals surface area contributed by atoms with Gasteiger partial charge in [-0.15, -0.1) is 0 Å². The van der Waals surface area contributed by atoms with Crippen molar-refractivity contribution in [2.45, 2.75) is 52.5 Å². The molecular weight excluding hydrogens is 370 g/mol. The Bertz CT molecular complexity index is 891. The molecule has 2 aromatic rings. The highest BCUT2D eigenvalue weighted by Gasteiger charge is 2.26. The number of phenolic OH excluding ortho intramolecular Hbond substituents is 2. The van der Waals surface area contributed by atoms with Gasteiger partial charge in [-0.1, -0.05) is 49.6 Å². The molecule has 1 atom stereocenters. The number of unbranched alkanes of at least 4 members (excludes halogenated alkanes) is 2. The molecule has 156 valence electrons. The van der Waals surface area contributed by atoms with Crippen LogP contribution in [0.3, 0.4) is 0 Å². The van der Waals surface area contributed by atoms with Gasteiger partial charge >= 0.3 is 5.97 Å². The SMILES string of the molecule is CCCCCc1cc(O)c(-c2cccc(C)c2)c(O)c1C(=O)N[C@@H](C)C(=O)OC. The zero-order chi connectivity index (χ0) is 21.6. The van der Waals surface area contributed by atoms with Gasteiger partial charge in [0.2, 0.25) is 0 Å². The van der Waals surface area contributed by atoms with Crippen LogP contribution in [0.1, 0.15) is 54.6 Å². The predicted octanol–water partition coefficient (Wildman–Crippen LogP) is 4.10. The van der Waals surface area contributed by atoms with Gasteiger partial charge in [-0.25, -0.2) is 4.79 Å². The first-order valence-electron chi connectivity index (χ1n) is 9.83. The van der Waals surface area contributed by atoms with E-state index in [1.54, 1.807) is 6.07 Å². The standard InChI is InChI=1S/C23H29NO5/c1-5-6-7-10-17-13-18(25)19(16-11-8-9-14(2)12-16)21(26)20(17)22(27)24-15(3)23(28)29-4/h8-9,11-13,15,25-26H,5-7,10H2,1-4H3,(H,24,27)/t15-/m0/s1. The van der Waals surface area contributed by atoms with Crippen molar-refractivity contribution in [1.29, 1.82) is 0 Å². The fourth-order valence-corrected chi connectivity index (χ4v) is 3.31. The third kappa shape index (κ3) is 5.28. The molecule has 0 heterocycles. The summed E-state index contributed by atoms with van der Waals surface area (Å²) in [6.45, 7) is 5.49. The quantitative estimate of drug-likeness (QED) is 0.459. The molecule has 0 aromatic heterocycles. The summed E-state index contributed by atoms with van der Waals surface area (Å²) < 4.78 is 4.66. The van der Waals surface area contributed by atoms with Crippen LogP contribution in [0.25, 0.3) is 11.1 Å². The number of carbonyl (C=O) groups is 2. The van der Waals surface area contributed by atoms with Gasteiger partial charge in [-0.2, -0.15) is 0 Å². The minimum Gasteiger partial charge on any atom is -0.507 e. The fraction of sp³-hybridized carbons (Fsp3) is 0.391. The maximum Gasteiger partial charge on any atom is 0.328 e. The highest BCUT2D eigenvalue weighted by molar-refractivity contribution is 6.03. The molecule has 0 aliphatic rings. The number of hydrogen-bond donors (Lipinski definition) is 3. The lowest BCUT2D eigenvalue weighted by Gasteiger charge is -2.18. The molecule has 3 N–H and O–H groups in total. The van der Waals surface area contributed by atoms with Crippen LogP contribution in [0.15, 0.2) is 30.3 Å². The lowest BCUT2D eigenvalue weighted by atomic mass is 9.92. The largest absolute Gasteiger partial charge is 0.507 e. The third-order valence-corrected chi connectivity index (χ3v) is 4.85. The van der Waals surface area contributed by atoms with E-state index in [0.29, 0.717) is 17.5 Å². The normalized spacial score (nSPS) is 11.7. The number of aromatic hydroxyl groups is 2. The Morgan fingerprint density at radius 3 is 2.52 bits per heavy atom. The van der Waals surface area contributed by atoms with Gasteiger partial charge in [0, 0.05) is 0 Å². The number of nitrogens with one attached hydrogen (secondary N) is 1. The number of rotatable bonds is 8. The molecule has 0 saturated heterocycles. The Morgan fingerprint density at radius 1 is 1.17 bits per heavy atom. The van der Waals surface area contributed by atoms with Crippen LogP contribution in [0, 0.1) is 6.92 Å². The van der Waals surface area contributed by atoms with Crippen molar-refractivity contribution >= 4 is 11.9 Å². The Kier molecular flexibility index (Phi) is 7.65. The molecule has 0 spiro atoms. The van der Waals surface area contributed by atoms with Crippen LogP contribution >= 0.6 is 0 Å². The zero-order valence-electron chi connectivity index (χ0n) is 17.4. The molecule has 6 nitrogen and oxygen atoms in total. The van der Waals surface area contributed by atoms with Crippen LogP contribution in [0.2, 0.25) is 0 Å². The topological polar surface area (TPSA) is 95.9 Å². The lowest BCUT2D eigenvalue weighted by Crippen LogP contribution is -2.39. The van der Waals surface area contributed by atoms with Crippen molar-refractivity contribution in [2.75, 3.05) is 7.11 Å². The second-order valence-electron chi connectivity index (χ2n) is 7.20. The van der Waals surface area contributed by atoms with Crippen molar-refractivity contribution in [3.05, 3.63) is 47.0 Å². The van der Waals surface area contributed by atoms with Crippen molar-refractivity contribution < 1.29 is 24.5 Å². The number of esters is 1. The number of hydrogen-bond acceptors (Lipinski definition) is 5. The molecule has 0 saturated carbocycles. The second-order valence-corrected chi connectivity index (χ2v) is 7.20. The summed E-state index contributed by atoms with van der Waals surface area (Å²) in [5.74, 6) is -1.54. The number of benzene rings is 2. The van der Waals surface area contributed by atoms with Crippen molar-refractivity contribution in [3.63, 3.8) is 0 Å². The van der Waals surface area contributed by atoms with E-state index in [-0.39, 0.29) is 22.6 Å². The Balaban J connectivity index is 2.55. The molecule has 2 aromatic carbocycles. The molecule has 0 radical (unpaired) electrons. The van der Waals surface area contributed by atoms with E-state index in [1.165, 1.54) is 20.1 Å². The van der Waals surface area contributed by atoms with E-state index in [0.717, 1.165) is 24.8 Å². The molecule has 0 bridgehead atoms. The molecule has 0 fully saturated rings. The van der Waals surface area contributed by atoms with E-state index in [2.05, 4.69) is 17.0 Å². The molecule has 0 unspecified atom stereocenters. The summed E-state index contributed by atoms with van der Waals surface area (Å²) in [5.41, 5.74) is 2.38. The van der Waals surface area contributed by atoms with Crippen molar-refractivity contribution in [1.82, 2.24) is 5.32 Å². The van der Waals surface area contributed by atoms with E-state index >= 15 is 0 Å². The highest BCUT2D eigenvalue weighted by atomic mass is 16.5. The van der Waals surface area contributed by atoms with Crippen LogP contribution in [-0.4, -0.2) is 35.2 Å². The summed E-state index contributed by atoms with van der Waals surface area (Å²) in [7, 11) is 1.25. The Morgan fingerprint density at radius 2 is 1.90 bits per heavy atom. The van der Waals surface area contributed by atoms with Gasteiger partial charge in [-0.3, -0.25) is 4.79 Å². The summed E-state index contributed by atoms with van der Waals surface area (Å²) in [5, 5.41) is 24.2. The van der Waals surface area contributed by atoms with Gasteiger partial charge in [0.15, 0.2) is 0 Å². The number of methoxy groups -OCH3 is 1. The highest BCUT2D eigenvalue weighted by Crippen LogP contribution is 2.42. The second kappa shape index (κ2) is 9.96. The van der Waals surface area contributed by atoms with E-state index < -0.39 is 17.9 Å². The molecule has 1 amide bonds. The van der Waals surface area contributed by atoms with Crippen molar-refractivity contribution in [2.24, 2.45) is 0 Å². The van der Waals surface area contributed by atoms with Crippen LogP contribution in [0.5, 0.6) is 11.5 Å². The first-order chi connectivity index (χ1) is 13.8. The zero-order valence-corrected chi connectivity index (χ0v) is 17.4. The lowest BCUT2D eigenvalue weighted by molar-refractivity contribution is -0.142. The molecule has 2 rings (SSSR count). The maximum atomic E-state index is 13.0. The number of aryl methyl sites for hydroxylation is 2. The molecule has 29 heavy (non-hydrogen) atoms. The molecular formula is C23H29NO5. The minimum atomic E-state index is -0.869. The van der Waals surface area contributed by atoms with Crippen LogP contribution < -0.4 is 5.32 Å². The first-order valence-corrected chi connectivity index (χ1v) is 9.83. The van der Waals surface area contributed by atoms with Gasteiger partial charge in [0.05, 0.1) is 18.2 Å². The average molecular weight is 399 g/mol. The minimum absolute atomic E-state index is 0.0752. The van der Waals surface area contributed by atoms with E-state index in [9.17, 15) is 19.8 Å². The molecule has 0 aliphatic carbocycles. The number of phenols is 2. The van der Waals surface area contributed by atoms with Gasteiger partial charge in [0.25, 0.3) is 5.91 Å². The Hall–Kier alpha value is -3.02. The fourth-order valence-electron chi connectivity index (χ4n) is 3.31. The monoisotopic (exact) mass is 399 g/mol. The summed E-state index contributed by atoms with van der Waals surface area (Å²) in [4.78, 5) is 24.7. The van der Waals surface area contributed by atoms with Crippen LogP contribution in [0.4, 0.5) is 0 Å². The smallest absolute Gasteiger partial charge is 0.328 e. The summed E-state index contributed by atoms with van der Waals surface area (Å²) in [6.07, 6.45) is 3.30. The average Bonchev–Trinajstić information content (AvgIpc) is 2.67. The van der Waals surface area contributed by atoms with E-state index in [1.807, 2.05) is 25.1 Å². The third-order valence-electron chi connectivity index (χ3n) is 4.85. The summed E-state index contributed by atoms with van der Waals surface area (Å²) >= 11 is 0. The van der Waals surface area contributed by atoms with Gasteiger partial charge < -0.3 is 20.3 Å². The Labute approximate surface area is 171 Å². The van der Waals surface area contributed by atoms with Crippen LogP contribution in [-0.2, 0) is 16.0 Å². The van der Waals surface area contributed by atoms with Gasteiger partial charge in [-0.05, 0) is 43.9 Å². The number of carbonyl (C=O) groups excluding carboxylic acids is 2. The predicted molar refractivity (Wildman–Crippen MR) is 112 cm³/mol. The summed E-state index contributed by atoms with van der Waals surface area (Å²) in [6, 6.07) is 7.97. The van der Waals surface area contributed by atoms with E-state index in [4.69, 9.17) is 0 Å². The number of ether oxygens (including phenoxy) is 1. The van der Waals surface area contributed by atoms with Crippen molar-refractivity contribution in [3.8, 4) is 22.6 Å². The first kappa shape index (κ1) is 22.3. The molecule has 6 heteroatoms. The molecule has 0 aliphatic heterocycles. The number of amides is 1. The van der Waals surface area contributed by atoms with Gasteiger partial charge in [0.1, 0.15) is 17.5 Å².